The standard InChI is InChI=1S/C13H18O/c1-2-3-5-10-13(14)11-12-8-6-4-7-9-12/h2,4,6-9,13-14H,1,3,5,10-11H2. The summed E-state index contributed by atoms with van der Waals surface area (Å²) in [6.07, 6.45) is 5.33. The van der Waals surface area contributed by atoms with Crippen LogP contribution in [-0.2, 0) is 6.42 Å². The Labute approximate surface area is 86.1 Å². The van der Waals surface area contributed by atoms with E-state index in [0.29, 0.717) is 0 Å². The fourth-order valence-corrected chi connectivity index (χ4v) is 1.49. The molecule has 0 spiro atoms. The quantitative estimate of drug-likeness (QED) is 0.540. The Morgan fingerprint density at radius 3 is 2.64 bits per heavy atom. The normalized spacial score (nSPS) is 12.4. The third-order valence-corrected chi connectivity index (χ3v) is 2.26. The molecule has 1 N–H and O–H groups in total. The van der Waals surface area contributed by atoms with Crippen LogP contribution < -0.4 is 0 Å². The van der Waals surface area contributed by atoms with E-state index in [1.807, 2.05) is 24.3 Å². The second kappa shape index (κ2) is 6.39. The predicted molar refractivity (Wildman–Crippen MR) is 60.2 cm³/mol. The van der Waals surface area contributed by atoms with Gasteiger partial charge < -0.3 is 5.11 Å². The highest BCUT2D eigenvalue weighted by atomic mass is 16.3. The largest absolute Gasteiger partial charge is 0.393 e. The Morgan fingerprint density at radius 2 is 2.00 bits per heavy atom. The molecule has 0 aromatic heterocycles. The first-order valence-electron chi connectivity index (χ1n) is 5.16. The minimum atomic E-state index is -0.211. The van der Waals surface area contributed by atoms with E-state index in [4.69, 9.17) is 0 Å². The van der Waals surface area contributed by atoms with Crippen LogP contribution in [0.5, 0.6) is 0 Å². The molecular weight excluding hydrogens is 172 g/mol. The highest BCUT2D eigenvalue weighted by Crippen LogP contribution is 2.08. The molecule has 0 heterocycles. The van der Waals surface area contributed by atoms with E-state index in [-0.39, 0.29) is 6.10 Å². The zero-order valence-corrected chi connectivity index (χ0v) is 8.52. The van der Waals surface area contributed by atoms with Crippen molar-refractivity contribution < 1.29 is 5.11 Å². The van der Waals surface area contributed by atoms with Gasteiger partial charge in [-0.3, -0.25) is 0 Å². The van der Waals surface area contributed by atoms with Crippen molar-refractivity contribution in [1.29, 1.82) is 0 Å². The van der Waals surface area contributed by atoms with Gasteiger partial charge in [-0.15, -0.1) is 6.58 Å². The number of hydrogen-bond donors (Lipinski definition) is 1. The maximum Gasteiger partial charge on any atom is 0.0580 e. The fourth-order valence-electron chi connectivity index (χ4n) is 1.49. The molecule has 0 aliphatic heterocycles. The lowest BCUT2D eigenvalue weighted by Gasteiger charge is -2.09. The molecule has 1 aromatic rings. The van der Waals surface area contributed by atoms with Crippen LogP contribution in [0.25, 0.3) is 0 Å². The van der Waals surface area contributed by atoms with Crippen molar-refractivity contribution in [3.8, 4) is 0 Å². The lowest BCUT2D eigenvalue weighted by molar-refractivity contribution is 0.162. The molecule has 0 bridgehead atoms. The van der Waals surface area contributed by atoms with Crippen molar-refractivity contribution in [2.45, 2.75) is 31.8 Å². The summed E-state index contributed by atoms with van der Waals surface area (Å²) in [7, 11) is 0. The zero-order valence-electron chi connectivity index (χ0n) is 8.52. The third kappa shape index (κ3) is 4.24. The van der Waals surface area contributed by atoms with Crippen LogP contribution in [0.4, 0.5) is 0 Å². The first kappa shape index (κ1) is 11.0. The van der Waals surface area contributed by atoms with Gasteiger partial charge in [0.25, 0.3) is 0 Å². The van der Waals surface area contributed by atoms with E-state index in [1.165, 1.54) is 5.56 Å². The van der Waals surface area contributed by atoms with Gasteiger partial charge in [-0.1, -0.05) is 36.4 Å². The molecule has 0 fully saturated rings. The van der Waals surface area contributed by atoms with Gasteiger partial charge in [0.15, 0.2) is 0 Å². The monoisotopic (exact) mass is 190 g/mol. The predicted octanol–water partition coefficient (Wildman–Crippen LogP) is 2.95. The fraction of sp³-hybridized carbons (Fsp3) is 0.385. The molecule has 1 unspecified atom stereocenters. The van der Waals surface area contributed by atoms with Gasteiger partial charge in [0, 0.05) is 0 Å². The molecule has 0 amide bonds. The smallest absolute Gasteiger partial charge is 0.0580 e. The maximum absolute atomic E-state index is 9.69. The lowest BCUT2D eigenvalue weighted by atomic mass is 10.0. The highest BCUT2D eigenvalue weighted by molar-refractivity contribution is 5.15. The summed E-state index contributed by atoms with van der Waals surface area (Å²) in [5.41, 5.74) is 1.21. The average molecular weight is 190 g/mol. The lowest BCUT2D eigenvalue weighted by Crippen LogP contribution is -2.09. The summed E-state index contributed by atoms with van der Waals surface area (Å²) in [6.45, 7) is 3.66. The Kier molecular flexibility index (Phi) is 5.02. The average Bonchev–Trinajstić information content (AvgIpc) is 2.20. The molecule has 1 nitrogen and oxygen atoms in total. The topological polar surface area (TPSA) is 20.2 Å². The first-order chi connectivity index (χ1) is 6.83. The van der Waals surface area contributed by atoms with Gasteiger partial charge in [0.2, 0.25) is 0 Å². The van der Waals surface area contributed by atoms with Crippen molar-refractivity contribution in [3.63, 3.8) is 0 Å². The number of allylic oxidation sites excluding steroid dienone is 1. The molecular formula is C13H18O. The number of aliphatic hydroxyl groups excluding tert-OH is 1. The van der Waals surface area contributed by atoms with E-state index < -0.39 is 0 Å². The Morgan fingerprint density at radius 1 is 1.29 bits per heavy atom. The van der Waals surface area contributed by atoms with Crippen molar-refractivity contribution in [3.05, 3.63) is 48.6 Å². The number of rotatable bonds is 6. The molecule has 0 aliphatic rings. The van der Waals surface area contributed by atoms with E-state index in [2.05, 4.69) is 18.7 Å². The Bertz CT molecular complexity index is 253. The number of unbranched alkanes of at least 4 members (excludes halogenated alkanes) is 1. The number of aliphatic hydroxyl groups is 1. The minimum absolute atomic E-state index is 0.211. The summed E-state index contributed by atoms with van der Waals surface area (Å²) in [5, 5.41) is 9.69. The molecule has 0 saturated heterocycles. The first-order valence-corrected chi connectivity index (χ1v) is 5.16. The van der Waals surface area contributed by atoms with Crippen LogP contribution in [0.2, 0.25) is 0 Å². The SMILES string of the molecule is C=CCCCC(O)Cc1ccccc1. The summed E-state index contributed by atoms with van der Waals surface area (Å²) in [5.74, 6) is 0. The van der Waals surface area contributed by atoms with E-state index in [0.717, 1.165) is 25.7 Å². The number of benzene rings is 1. The van der Waals surface area contributed by atoms with Crippen LogP contribution in [-0.4, -0.2) is 11.2 Å². The van der Waals surface area contributed by atoms with Crippen LogP contribution in [0, 0.1) is 0 Å². The zero-order chi connectivity index (χ0) is 10.2. The van der Waals surface area contributed by atoms with E-state index in [9.17, 15) is 5.11 Å². The van der Waals surface area contributed by atoms with Crippen LogP contribution in [0.1, 0.15) is 24.8 Å². The second-order valence-electron chi connectivity index (χ2n) is 3.56. The summed E-state index contributed by atoms with van der Waals surface area (Å²) in [4.78, 5) is 0. The van der Waals surface area contributed by atoms with E-state index >= 15 is 0 Å². The molecule has 14 heavy (non-hydrogen) atoms. The van der Waals surface area contributed by atoms with Crippen molar-refractivity contribution in [2.24, 2.45) is 0 Å². The van der Waals surface area contributed by atoms with Crippen LogP contribution in [0.3, 0.4) is 0 Å². The second-order valence-corrected chi connectivity index (χ2v) is 3.56. The molecule has 1 heteroatoms. The Hall–Kier alpha value is -1.08. The minimum Gasteiger partial charge on any atom is -0.393 e. The summed E-state index contributed by atoms with van der Waals surface area (Å²) < 4.78 is 0. The van der Waals surface area contributed by atoms with E-state index in [1.54, 1.807) is 0 Å². The van der Waals surface area contributed by atoms with Gasteiger partial charge in [0.05, 0.1) is 6.10 Å². The van der Waals surface area contributed by atoms with Gasteiger partial charge in [-0.25, -0.2) is 0 Å². The summed E-state index contributed by atoms with van der Waals surface area (Å²) in [6, 6.07) is 10.1. The van der Waals surface area contributed by atoms with Crippen LogP contribution in [0.15, 0.2) is 43.0 Å². The van der Waals surface area contributed by atoms with Crippen molar-refractivity contribution >= 4 is 0 Å². The Balaban J connectivity index is 2.26. The third-order valence-electron chi connectivity index (χ3n) is 2.26. The molecule has 1 rings (SSSR count). The number of hydrogen-bond acceptors (Lipinski definition) is 1. The highest BCUT2D eigenvalue weighted by Gasteiger charge is 2.03. The molecule has 0 aliphatic carbocycles. The molecule has 0 radical (unpaired) electrons. The molecule has 1 atom stereocenters. The van der Waals surface area contributed by atoms with Crippen molar-refractivity contribution in [1.82, 2.24) is 0 Å². The molecule has 0 saturated carbocycles. The van der Waals surface area contributed by atoms with Gasteiger partial charge in [-0.2, -0.15) is 0 Å². The molecule has 76 valence electrons. The van der Waals surface area contributed by atoms with Gasteiger partial charge >= 0.3 is 0 Å². The van der Waals surface area contributed by atoms with Crippen LogP contribution >= 0.6 is 0 Å². The summed E-state index contributed by atoms with van der Waals surface area (Å²) >= 11 is 0. The van der Waals surface area contributed by atoms with Crippen molar-refractivity contribution in [2.75, 3.05) is 0 Å². The molecule has 1 aromatic carbocycles. The maximum atomic E-state index is 9.69. The van der Waals surface area contributed by atoms with Gasteiger partial charge in [-0.05, 0) is 31.2 Å². The van der Waals surface area contributed by atoms with Gasteiger partial charge in [0.1, 0.15) is 0 Å².